The summed E-state index contributed by atoms with van der Waals surface area (Å²) in [5, 5.41) is 5.31. The van der Waals surface area contributed by atoms with Gasteiger partial charge in [0.2, 0.25) is 5.91 Å². The third kappa shape index (κ3) is 13.3. The molecule has 0 aliphatic heterocycles. The average Bonchev–Trinajstić information content (AvgIpc) is 3.04. The van der Waals surface area contributed by atoms with Crippen LogP contribution >= 0.6 is 7.60 Å². The Labute approximate surface area is 265 Å². The number of rotatable bonds is 18. The molecule has 2 amide bonds. The van der Waals surface area contributed by atoms with Gasteiger partial charge in [0, 0.05) is 13.0 Å². The number of ether oxygens (including phenoxy) is 2. The Morgan fingerprint density at radius 3 is 1.87 bits per heavy atom. The lowest BCUT2D eigenvalue weighted by molar-refractivity contribution is -0.154. The van der Waals surface area contributed by atoms with Gasteiger partial charge >= 0.3 is 19.7 Å². The molecule has 11 heteroatoms. The van der Waals surface area contributed by atoms with E-state index in [2.05, 4.69) is 10.6 Å². The van der Waals surface area contributed by atoms with Crippen LogP contribution in [0, 0.1) is 5.92 Å². The highest BCUT2D eigenvalue weighted by Crippen LogP contribution is 2.51. The van der Waals surface area contributed by atoms with E-state index in [-0.39, 0.29) is 32.6 Å². The molecule has 3 atom stereocenters. The molecule has 0 aromatic heterocycles. The lowest BCUT2D eigenvalue weighted by Gasteiger charge is -2.29. The fourth-order valence-electron chi connectivity index (χ4n) is 4.47. The highest BCUT2D eigenvalue weighted by molar-refractivity contribution is 7.53. The van der Waals surface area contributed by atoms with Crippen LogP contribution in [0.2, 0.25) is 0 Å². The van der Waals surface area contributed by atoms with Gasteiger partial charge in [-0.25, -0.2) is 9.59 Å². The molecular weight excluding hydrogens is 595 g/mol. The number of esters is 1. The van der Waals surface area contributed by atoms with Crippen LogP contribution in [0.25, 0.3) is 0 Å². The zero-order valence-corrected chi connectivity index (χ0v) is 26.7. The molecule has 0 bridgehead atoms. The van der Waals surface area contributed by atoms with Crippen LogP contribution in [0.3, 0.4) is 0 Å². The van der Waals surface area contributed by atoms with E-state index in [0.29, 0.717) is 19.3 Å². The summed E-state index contributed by atoms with van der Waals surface area (Å²) in [6.45, 7) is 3.76. The number of hydrogen-bond donors (Lipinski definition) is 3. The molecule has 0 spiro atoms. The van der Waals surface area contributed by atoms with Crippen LogP contribution < -0.4 is 10.6 Å². The zero-order chi connectivity index (χ0) is 32.5. The van der Waals surface area contributed by atoms with Crippen LogP contribution in [0.4, 0.5) is 4.79 Å². The SMILES string of the molecule is CC(C)C(NC(=O)CCc1ccccc1)P(=O)(O)O[C@@H](CCCCNC(=O)OCc1ccccc1)C(=O)OCc1ccccc1. The lowest BCUT2D eigenvalue weighted by atomic mass is 10.1. The topological polar surface area (TPSA) is 140 Å². The van der Waals surface area contributed by atoms with E-state index in [4.69, 9.17) is 14.0 Å². The van der Waals surface area contributed by atoms with Crippen LogP contribution in [-0.4, -0.2) is 41.3 Å². The second-order valence-corrected chi connectivity index (χ2v) is 12.9. The summed E-state index contributed by atoms with van der Waals surface area (Å²) >= 11 is 0. The number of hydrogen-bond acceptors (Lipinski definition) is 7. The number of aryl methyl sites for hydroxylation is 1. The standard InChI is InChI=1S/C34H43N2O8P/c1-26(2)32(36-31(37)22-21-27-14-6-3-7-15-27)45(40,41)44-30(33(38)42-24-28-16-8-4-9-17-28)20-12-13-23-35-34(39)43-25-29-18-10-5-11-19-29/h3-11,14-19,26,30,32H,12-13,20-25H2,1-2H3,(H,35,39)(H,36,37)(H,40,41)/t30-,32?/m0/s1. The van der Waals surface area contributed by atoms with Gasteiger partial charge in [-0.05, 0) is 48.3 Å². The molecule has 3 aromatic rings. The molecule has 0 heterocycles. The van der Waals surface area contributed by atoms with E-state index in [9.17, 15) is 23.8 Å². The number of amides is 2. The van der Waals surface area contributed by atoms with E-state index in [0.717, 1.165) is 16.7 Å². The summed E-state index contributed by atoms with van der Waals surface area (Å²) < 4.78 is 29.8. The first-order valence-electron chi connectivity index (χ1n) is 15.1. The van der Waals surface area contributed by atoms with Gasteiger partial charge in [0.15, 0.2) is 6.10 Å². The Morgan fingerprint density at radius 1 is 0.778 bits per heavy atom. The molecule has 3 rings (SSSR count). The van der Waals surface area contributed by atoms with Crippen LogP contribution in [-0.2, 0) is 47.8 Å². The number of alkyl carbamates (subject to hydrolysis) is 1. The first-order chi connectivity index (χ1) is 21.6. The maximum Gasteiger partial charge on any atom is 0.407 e. The molecule has 0 fully saturated rings. The number of carbonyl (C=O) groups excluding carboxylic acids is 3. The number of carbonyl (C=O) groups is 3. The van der Waals surface area contributed by atoms with E-state index >= 15 is 0 Å². The molecule has 242 valence electrons. The van der Waals surface area contributed by atoms with Gasteiger partial charge < -0.3 is 25.0 Å². The van der Waals surface area contributed by atoms with Crippen molar-refractivity contribution in [1.82, 2.24) is 10.6 Å². The van der Waals surface area contributed by atoms with E-state index in [1.54, 1.807) is 26.0 Å². The molecule has 0 aliphatic rings. The summed E-state index contributed by atoms with van der Waals surface area (Å²) in [5.74, 6) is -2.88. The van der Waals surface area contributed by atoms with Gasteiger partial charge in [-0.3, -0.25) is 13.9 Å². The Kier molecular flexibility index (Phi) is 14.8. The van der Waals surface area contributed by atoms with Crippen molar-refractivity contribution in [2.75, 3.05) is 6.54 Å². The molecule has 45 heavy (non-hydrogen) atoms. The number of unbranched alkanes of at least 4 members (excludes halogenated alkanes) is 1. The molecule has 10 nitrogen and oxygen atoms in total. The molecule has 0 radical (unpaired) electrons. The molecule has 3 N–H and O–H groups in total. The second kappa shape index (κ2) is 18.7. The largest absolute Gasteiger partial charge is 0.459 e. The van der Waals surface area contributed by atoms with Crippen molar-refractivity contribution < 1.29 is 37.8 Å². The summed E-state index contributed by atoms with van der Waals surface area (Å²) in [7, 11) is -4.55. The fraction of sp³-hybridized carbons (Fsp3) is 0.382. The zero-order valence-electron chi connectivity index (χ0n) is 25.8. The van der Waals surface area contributed by atoms with Crippen molar-refractivity contribution in [2.45, 2.75) is 71.1 Å². The number of nitrogens with one attached hydrogen (secondary N) is 2. The summed E-state index contributed by atoms with van der Waals surface area (Å²) in [6, 6.07) is 27.8. The van der Waals surface area contributed by atoms with E-state index < -0.39 is 43.4 Å². The summed E-state index contributed by atoms with van der Waals surface area (Å²) in [6.07, 6.45) is -0.460. The van der Waals surface area contributed by atoms with Gasteiger partial charge in [-0.2, -0.15) is 0 Å². The predicted octanol–water partition coefficient (Wildman–Crippen LogP) is 6.13. The molecule has 2 unspecified atom stereocenters. The molecule has 0 aliphatic carbocycles. The van der Waals surface area contributed by atoms with Crippen molar-refractivity contribution in [3.63, 3.8) is 0 Å². The fourth-order valence-corrected chi connectivity index (χ4v) is 6.21. The van der Waals surface area contributed by atoms with Crippen LogP contribution in [0.5, 0.6) is 0 Å². The highest BCUT2D eigenvalue weighted by atomic mass is 31.2. The van der Waals surface area contributed by atoms with E-state index in [1.807, 2.05) is 78.9 Å². The van der Waals surface area contributed by atoms with Crippen molar-refractivity contribution in [2.24, 2.45) is 5.92 Å². The maximum absolute atomic E-state index is 13.6. The van der Waals surface area contributed by atoms with Crippen molar-refractivity contribution in [3.05, 3.63) is 108 Å². The summed E-state index contributed by atoms with van der Waals surface area (Å²) in [4.78, 5) is 48.9. The minimum atomic E-state index is -4.55. The van der Waals surface area contributed by atoms with Crippen molar-refractivity contribution in [3.8, 4) is 0 Å². The van der Waals surface area contributed by atoms with Gasteiger partial charge in [-0.15, -0.1) is 0 Å². The molecular formula is C34H43N2O8P. The molecule has 0 saturated heterocycles. The smallest absolute Gasteiger partial charge is 0.407 e. The van der Waals surface area contributed by atoms with Crippen LogP contribution in [0.15, 0.2) is 91.0 Å². The monoisotopic (exact) mass is 638 g/mol. The Bertz CT molecular complexity index is 1370. The van der Waals surface area contributed by atoms with Gasteiger partial charge in [0.05, 0.1) is 0 Å². The van der Waals surface area contributed by atoms with Crippen molar-refractivity contribution >= 4 is 25.6 Å². The van der Waals surface area contributed by atoms with E-state index in [1.165, 1.54) is 0 Å². The van der Waals surface area contributed by atoms with Crippen molar-refractivity contribution in [1.29, 1.82) is 0 Å². The minimum Gasteiger partial charge on any atom is -0.459 e. The highest BCUT2D eigenvalue weighted by Gasteiger charge is 2.40. The second-order valence-electron chi connectivity index (χ2n) is 11.0. The minimum absolute atomic E-state index is 0.0338. The number of benzene rings is 3. The Morgan fingerprint density at radius 2 is 1.31 bits per heavy atom. The van der Waals surface area contributed by atoms with Gasteiger partial charge in [0.25, 0.3) is 0 Å². The van der Waals surface area contributed by atoms with Gasteiger partial charge in [-0.1, -0.05) is 105 Å². The van der Waals surface area contributed by atoms with Gasteiger partial charge in [0.1, 0.15) is 19.0 Å². The Balaban J connectivity index is 1.56. The quantitative estimate of drug-likeness (QED) is 0.0859. The third-order valence-corrected chi connectivity index (χ3v) is 8.90. The molecule has 0 saturated carbocycles. The summed E-state index contributed by atoms with van der Waals surface area (Å²) in [5.41, 5.74) is 2.58. The predicted molar refractivity (Wildman–Crippen MR) is 171 cm³/mol. The third-order valence-electron chi connectivity index (χ3n) is 6.92. The lowest BCUT2D eigenvalue weighted by Crippen LogP contribution is -2.40. The Hall–Kier alpha value is -3.98. The maximum atomic E-state index is 13.6. The normalized spacial score (nSPS) is 13.7. The van der Waals surface area contributed by atoms with Crippen LogP contribution in [0.1, 0.15) is 56.2 Å². The first-order valence-corrected chi connectivity index (χ1v) is 16.8. The average molecular weight is 639 g/mol. The molecule has 3 aromatic carbocycles. The first kappa shape index (κ1) is 35.5.